The summed E-state index contributed by atoms with van der Waals surface area (Å²) in [5.74, 6) is 0.636. The number of fused-ring (bicyclic) bond motifs is 1. The summed E-state index contributed by atoms with van der Waals surface area (Å²) in [5, 5.41) is 10.3. The average Bonchev–Trinajstić information content (AvgIpc) is 2.95. The summed E-state index contributed by atoms with van der Waals surface area (Å²) in [6, 6.07) is 3.67. The van der Waals surface area contributed by atoms with Crippen LogP contribution >= 0.6 is 22.9 Å². The Kier molecular flexibility index (Phi) is 2.70. The lowest BCUT2D eigenvalue weighted by Crippen LogP contribution is -1.95. The Hall–Kier alpha value is -1.59. The third kappa shape index (κ3) is 2.11. The van der Waals surface area contributed by atoms with Gasteiger partial charge in [-0.15, -0.1) is 11.3 Å². The van der Waals surface area contributed by atoms with Crippen LogP contribution in [-0.4, -0.2) is 15.2 Å². The van der Waals surface area contributed by atoms with Crippen LogP contribution in [0.3, 0.4) is 0 Å². The van der Waals surface area contributed by atoms with Crippen LogP contribution in [0.2, 0.25) is 5.02 Å². The fraction of sp³-hybridized carbons (Fsp3) is 0.0909. The van der Waals surface area contributed by atoms with Crippen molar-refractivity contribution in [3.05, 3.63) is 39.9 Å². The summed E-state index contributed by atoms with van der Waals surface area (Å²) < 4.78 is 5.62. The van der Waals surface area contributed by atoms with Gasteiger partial charge in [0.15, 0.2) is 0 Å². The molecule has 6 heteroatoms. The molecule has 0 saturated carbocycles. The van der Waals surface area contributed by atoms with Gasteiger partial charge in [-0.25, -0.2) is 4.98 Å². The summed E-state index contributed by atoms with van der Waals surface area (Å²) in [6.07, 6.45) is 1.73. The molecule has 1 N–H and O–H groups in total. The molecule has 3 aromatic rings. The van der Waals surface area contributed by atoms with Gasteiger partial charge in [0.05, 0.1) is 27.9 Å². The Labute approximate surface area is 106 Å². The van der Waals surface area contributed by atoms with Crippen LogP contribution in [0.15, 0.2) is 29.2 Å². The van der Waals surface area contributed by atoms with E-state index in [0.29, 0.717) is 17.4 Å². The van der Waals surface area contributed by atoms with Gasteiger partial charge in [0.2, 0.25) is 0 Å². The summed E-state index contributed by atoms with van der Waals surface area (Å²) in [7, 11) is 0. The largest absolute Gasteiger partial charge is 0.486 e. The molecule has 3 rings (SSSR count). The van der Waals surface area contributed by atoms with E-state index in [2.05, 4.69) is 15.2 Å². The van der Waals surface area contributed by atoms with Crippen LogP contribution in [-0.2, 0) is 6.61 Å². The van der Waals surface area contributed by atoms with E-state index >= 15 is 0 Å². The van der Waals surface area contributed by atoms with Crippen molar-refractivity contribution in [2.24, 2.45) is 0 Å². The normalized spacial score (nSPS) is 10.9. The minimum absolute atomic E-state index is 0.420. The first-order valence-corrected chi connectivity index (χ1v) is 6.27. The van der Waals surface area contributed by atoms with Crippen molar-refractivity contribution in [3.8, 4) is 5.75 Å². The topological polar surface area (TPSA) is 50.8 Å². The molecular weight excluding hydrogens is 258 g/mol. The van der Waals surface area contributed by atoms with Crippen molar-refractivity contribution in [2.75, 3.05) is 0 Å². The highest BCUT2D eigenvalue weighted by atomic mass is 35.5. The lowest BCUT2D eigenvalue weighted by Gasteiger charge is -2.06. The van der Waals surface area contributed by atoms with Crippen LogP contribution in [0.4, 0.5) is 0 Å². The Balaban J connectivity index is 1.86. The predicted octanol–water partition coefficient (Wildman–Crippen LogP) is 3.25. The smallest absolute Gasteiger partial charge is 0.140 e. The fourth-order valence-corrected chi connectivity index (χ4v) is 2.28. The number of hydrogen-bond donors (Lipinski definition) is 1. The molecule has 0 unspecified atom stereocenters. The molecule has 2 aromatic heterocycles. The van der Waals surface area contributed by atoms with Gasteiger partial charge in [-0.2, -0.15) is 5.10 Å². The van der Waals surface area contributed by atoms with E-state index < -0.39 is 0 Å². The second kappa shape index (κ2) is 4.35. The van der Waals surface area contributed by atoms with Gasteiger partial charge in [0.25, 0.3) is 0 Å². The number of thiazole rings is 1. The standard InChI is InChI=1S/C11H8ClN3OS/c12-9-1-7-3-14-15-10(7)2-11(9)16-4-8-5-17-6-13-8/h1-3,5-6H,4H2,(H,14,15). The molecule has 0 aliphatic rings. The van der Waals surface area contributed by atoms with Gasteiger partial charge in [-0.05, 0) is 6.07 Å². The van der Waals surface area contributed by atoms with E-state index in [9.17, 15) is 0 Å². The number of rotatable bonds is 3. The zero-order chi connectivity index (χ0) is 11.7. The quantitative estimate of drug-likeness (QED) is 0.791. The maximum absolute atomic E-state index is 6.12. The van der Waals surface area contributed by atoms with Crippen molar-refractivity contribution in [2.45, 2.75) is 6.61 Å². The molecule has 0 spiro atoms. The maximum Gasteiger partial charge on any atom is 0.140 e. The lowest BCUT2D eigenvalue weighted by atomic mass is 10.2. The van der Waals surface area contributed by atoms with Crippen molar-refractivity contribution < 1.29 is 4.74 Å². The van der Waals surface area contributed by atoms with E-state index in [1.54, 1.807) is 23.0 Å². The molecule has 1 aromatic carbocycles. The zero-order valence-corrected chi connectivity index (χ0v) is 10.3. The molecule has 0 radical (unpaired) electrons. The highest BCUT2D eigenvalue weighted by Gasteiger charge is 2.06. The minimum Gasteiger partial charge on any atom is -0.486 e. The van der Waals surface area contributed by atoms with Gasteiger partial charge >= 0.3 is 0 Å². The first-order chi connectivity index (χ1) is 8.33. The Morgan fingerprint density at radius 1 is 1.41 bits per heavy atom. The molecule has 0 atom stereocenters. The van der Waals surface area contributed by atoms with Gasteiger partial charge < -0.3 is 4.74 Å². The van der Waals surface area contributed by atoms with E-state index in [-0.39, 0.29) is 0 Å². The Morgan fingerprint density at radius 2 is 2.35 bits per heavy atom. The lowest BCUT2D eigenvalue weighted by molar-refractivity contribution is 0.302. The number of ether oxygens (including phenoxy) is 1. The van der Waals surface area contributed by atoms with Crippen LogP contribution in [0.25, 0.3) is 10.9 Å². The van der Waals surface area contributed by atoms with Gasteiger partial charge in [0, 0.05) is 16.8 Å². The number of aromatic nitrogens is 3. The monoisotopic (exact) mass is 265 g/mol. The van der Waals surface area contributed by atoms with Crippen molar-refractivity contribution >= 4 is 33.8 Å². The molecule has 0 bridgehead atoms. The zero-order valence-electron chi connectivity index (χ0n) is 8.68. The van der Waals surface area contributed by atoms with Gasteiger partial charge in [0.1, 0.15) is 12.4 Å². The van der Waals surface area contributed by atoms with Crippen LogP contribution in [0.1, 0.15) is 5.69 Å². The first kappa shape index (κ1) is 10.6. The summed E-state index contributed by atoms with van der Waals surface area (Å²) in [5.41, 5.74) is 3.58. The molecule has 0 aliphatic carbocycles. The molecule has 0 saturated heterocycles. The van der Waals surface area contributed by atoms with Crippen molar-refractivity contribution in [1.29, 1.82) is 0 Å². The third-order valence-corrected chi connectivity index (χ3v) is 3.28. The molecule has 2 heterocycles. The number of nitrogens with one attached hydrogen (secondary N) is 1. The molecule has 0 aliphatic heterocycles. The second-order valence-corrected chi connectivity index (χ2v) is 4.63. The summed E-state index contributed by atoms with van der Waals surface area (Å²) in [6.45, 7) is 0.420. The average molecular weight is 266 g/mol. The minimum atomic E-state index is 0.420. The van der Waals surface area contributed by atoms with Crippen molar-refractivity contribution in [3.63, 3.8) is 0 Å². The van der Waals surface area contributed by atoms with Gasteiger partial charge in [-0.1, -0.05) is 11.6 Å². The molecule has 4 nitrogen and oxygen atoms in total. The number of aromatic amines is 1. The molecule has 17 heavy (non-hydrogen) atoms. The molecule has 0 fully saturated rings. The van der Waals surface area contributed by atoms with Gasteiger partial charge in [-0.3, -0.25) is 5.10 Å². The van der Waals surface area contributed by atoms with E-state index in [4.69, 9.17) is 16.3 Å². The fourth-order valence-electron chi connectivity index (χ4n) is 1.51. The number of H-pyrrole nitrogens is 1. The molecule has 86 valence electrons. The molecule has 0 amide bonds. The van der Waals surface area contributed by atoms with Crippen LogP contribution in [0.5, 0.6) is 5.75 Å². The van der Waals surface area contributed by atoms with E-state index in [1.807, 2.05) is 17.5 Å². The van der Waals surface area contributed by atoms with Crippen LogP contribution < -0.4 is 4.74 Å². The van der Waals surface area contributed by atoms with Crippen LogP contribution in [0, 0.1) is 0 Å². The Bertz CT molecular complexity index is 635. The highest BCUT2D eigenvalue weighted by Crippen LogP contribution is 2.29. The predicted molar refractivity (Wildman–Crippen MR) is 67.5 cm³/mol. The number of halogens is 1. The number of hydrogen-bond acceptors (Lipinski definition) is 4. The number of nitrogens with zero attached hydrogens (tertiary/aromatic N) is 2. The second-order valence-electron chi connectivity index (χ2n) is 3.51. The van der Waals surface area contributed by atoms with Crippen molar-refractivity contribution in [1.82, 2.24) is 15.2 Å². The highest BCUT2D eigenvalue weighted by molar-refractivity contribution is 7.07. The number of benzene rings is 1. The molecular formula is C11H8ClN3OS. The summed E-state index contributed by atoms with van der Waals surface area (Å²) in [4.78, 5) is 4.14. The first-order valence-electron chi connectivity index (χ1n) is 4.95. The SMILES string of the molecule is Clc1cc2cn[nH]c2cc1OCc1cscn1. The third-order valence-electron chi connectivity index (χ3n) is 2.35. The van der Waals surface area contributed by atoms with E-state index in [1.165, 1.54) is 0 Å². The van der Waals surface area contributed by atoms with E-state index in [0.717, 1.165) is 16.6 Å². The maximum atomic E-state index is 6.12. The Morgan fingerprint density at radius 3 is 3.18 bits per heavy atom. The summed E-state index contributed by atoms with van der Waals surface area (Å²) >= 11 is 7.66.